The molecule has 6 nitrogen and oxygen atoms in total. The molecule has 0 aliphatic heterocycles. The fourth-order valence-electron chi connectivity index (χ4n) is 5.67. The first-order valence-electron chi connectivity index (χ1n) is 21.8. The van der Waals surface area contributed by atoms with Gasteiger partial charge in [0.15, 0.2) is 6.10 Å². The van der Waals surface area contributed by atoms with Crippen LogP contribution < -0.4 is 0 Å². The Kier molecular flexibility index (Phi) is 39.6. The molecule has 1 unspecified atom stereocenters. The topological polar surface area (TPSA) is 78.9 Å². The van der Waals surface area contributed by atoms with Crippen LogP contribution in [0.25, 0.3) is 0 Å². The van der Waals surface area contributed by atoms with Gasteiger partial charge in [0.2, 0.25) is 0 Å². The number of carbonyl (C=O) groups excluding carboxylic acids is 3. The van der Waals surface area contributed by atoms with Gasteiger partial charge in [0.1, 0.15) is 13.2 Å². The molecular formula is C47H80O6. The van der Waals surface area contributed by atoms with Crippen LogP contribution in [0.2, 0.25) is 0 Å². The van der Waals surface area contributed by atoms with E-state index < -0.39 is 6.10 Å². The van der Waals surface area contributed by atoms with Crippen molar-refractivity contribution in [1.29, 1.82) is 0 Å². The first-order chi connectivity index (χ1) is 26.0. The number of hydrogen-bond donors (Lipinski definition) is 0. The fourth-order valence-corrected chi connectivity index (χ4v) is 5.67. The molecule has 0 fully saturated rings. The lowest BCUT2D eigenvalue weighted by Crippen LogP contribution is -2.30. The fraction of sp³-hybridized carbons (Fsp3) is 0.723. The molecule has 0 saturated carbocycles. The molecular weight excluding hydrogens is 661 g/mol. The van der Waals surface area contributed by atoms with Crippen LogP contribution in [0.15, 0.2) is 60.8 Å². The van der Waals surface area contributed by atoms with Crippen LogP contribution in [0.3, 0.4) is 0 Å². The van der Waals surface area contributed by atoms with Gasteiger partial charge in [0.25, 0.3) is 0 Å². The van der Waals surface area contributed by atoms with Gasteiger partial charge in [-0.05, 0) is 89.9 Å². The van der Waals surface area contributed by atoms with Crippen LogP contribution in [-0.4, -0.2) is 37.2 Å². The van der Waals surface area contributed by atoms with Gasteiger partial charge in [-0.1, -0.05) is 152 Å². The minimum Gasteiger partial charge on any atom is -0.462 e. The Morgan fingerprint density at radius 2 is 0.774 bits per heavy atom. The number of esters is 3. The molecule has 0 heterocycles. The smallest absolute Gasteiger partial charge is 0.306 e. The van der Waals surface area contributed by atoms with Gasteiger partial charge in [0, 0.05) is 19.3 Å². The second-order valence-corrected chi connectivity index (χ2v) is 14.2. The van der Waals surface area contributed by atoms with Crippen molar-refractivity contribution in [1.82, 2.24) is 0 Å². The van der Waals surface area contributed by atoms with E-state index in [2.05, 4.69) is 81.5 Å². The van der Waals surface area contributed by atoms with Crippen molar-refractivity contribution in [3.8, 4) is 0 Å². The normalized spacial score (nSPS) is 12.6. The van der Waals surface area contributed by atoms with Crippen molar-refractivity contribution in [2.45, 2.75) is 207 Å². The van der Waals surface area contributed by atoms with E-state index in [1.807, 2.05) is 0 Å². The van der Waals surface area contributed by atoms with Crippen molar-refractivity contribution in [2.75, 3.05) is 13.2 Å². The molecule has 0 N–H and O–H groups in total. The lowest BCUT2D eigenvalue weighted by atomic mass is 10.1. The van der Waals surface area contributed by atoms with Gasteiger partial charge in [-0.3, -0.25) is 14.4 Å². The SMILES string of the molecule is CC/C=C\C/C=C\C/C=C\CCCC(=O)OC(COC(=O)CCCCC/C=C\CCCCCCCC)COC(=O)CCCCCCC/C=C\CCCC. The summed E-state index contributed by atoms with van der Waals surface area (Å²) in [6.07, 6.45) is 49.3. The Morgan fingerprint density at radius 1 is 0.396 bits per heavy atom. The summed E-state index contributed by atoms with van der Waals surface area (Å²) in [5.41, 5.74) is 0. The van der Waals surface area contributed by atoms with Gasteiger partial charge in [0.05, 0.1) is 0 Å². The quantitative estimate of drug-likeness (QED) is 0.0271. The molecule has 0 rings (SSSR count). The Labute approximate surface area is 326 Å². The van der Waals surface area contributed by atoms with E-state index in [4.69, 9.17) is 14.2 Å². The first kappa shape index (κ1) is 50.1. The van der Waals surface area contributed by atoms with Crippen molar-refractivity contribution in [2.24, 2.45) is 0 Å². The molecule has 0 aliphatic rings. The second-order valence-electron chi connectivity index (χ2n) is 14.2. The maximum absolute atomic E-state index is 12.6. The summed E-state index contributed by atoms with van der Waals surface area (Å²) in [5, 5.41) is 0. The molecule has 0 aromatic carbocycles. The summed E-state index contributed by atoms with van der Waals surface area (Å²) < 4.78 is 16.6. The number of carbonyl (C=O) groups is 3. The molecule has 0 radical (unpaired) electrons. The van der Waals surface area contributed by atoms with Crippen LogP contribution >= 0.6 is 0 Å². The lowest BCUT2D eigenvalue weighted by molar-refractivity contribution is -0.167. The van der Waals surface area contributed by atoms with Crippen LogP contribution in [0.5, 0.6) is 0 Å². The van der Waals surface area contributed by atoms with Gasteiger partial charge in [-0.15, -0.1) is 0 Å². The zero-order chi connectivity index (χ0) is 38.7. The Balaban J connectivity index is 4.48. The molecule has 0 bridgehead atoms. The molecule has 0 amide bonds. The zero-order valence-corrected chi connectivity index (χ0v) is 34.5. The van der Waals surface area contributed by atoms with Crippen LogP contribution in [-0.2, 0) is 28.6 Å². The Hall–Kier alpha value is -2.89. The third kappa shape index (κ3) is 40.1. The van der Waals surface area contributed by atoms with Crippen molar-refractivity contribution < 1.29 is 28.6 Å². The highest BCUT2D eigenvalue weighted by atomic mass is 16.6. The minimum absolute atomic E-state index is 0.104. The van der Waals surface area contributed by atoms with Crippen LogP contribution in [0.1, 0.15) is 201 Å². The third-order valence-electron chi connectivity index (χ3n) is 8.98. The number of ether oxygens (including phenoxy) is 3. The van der Waals surface area contributed by atoms with Crippen LogP contribution in [0.4, 0.5) is 0 Å². The predicted octanol–water partition coefficient (Wildman–Crippen LogP) is 13.7. The molecule has 1 atom stereocenters. The van der Waals surface area contributed by atoms with E-state index in [1.165, 1.54) is 64.2 Å². The number of hydrogen-bond acceptors (Lipinski definition) is 6. The molecule has 0 spiro atoms. The lowest BCUT2D eigenvalue weighted by Gasteiger charge is -2.18. The van der Waals surface area contributed by atoms with E-state index in [-0.39, 0.29) is 37.5 Å². The van der Waals surface area contributed by atoms with E-state index in [0.29, 0.717) is 19.3 Å². The molecule has 53 heavy (non-hydrogen) atoms. The summed E-state index contributed by atoms with van der Waals surface area (Å²) in [5.74, 6) is -0.992. The van der Waals surface area contributed by atoms with E-state index >= 15 is 0 Å². The van der Waals surface area contributed by atoms with Crippen LogP contribution in [0, 0.1) is 0 Å². The average Bonchev–Trinajstić information content (AvgIpc) is 3.15. The van der Waals surface area contributed by atoms with Crippen molar-refractivity contribution in [3.63, 3.8) is 0 Å². The van der Waals surface area contributed by atoms with Crippen molar-refractivity contribution in [3.05, 3.63) is 60.8 Å². The predicted molar refractivity (Wildman–Crippen MR) is 224 cm³/mol. The highest BCUT2D eigenvalue weighted by molar-refractivity contribution is 5.71. The van der Waals surface area contributed by atoms with Gasteiger partial charge in [-0.25, -0.2) is 0 Å². The van der Waals surface area contributed by atoms with E-state index in [9.17, 15) is 14.4 Å². The highest BCUT2D eigenvalue weighted by Gasteiger charge is 2.19. The monoisotopic (exact) mass is 741 g/mol. The third-order valence-corrected chi connectivity index (χ3v) is 8.98. The number of rotatable bonds is 38. The summed E-state index contributed by atoms with van der Waals surface area (Å²) in [7, 11) is 0. The van der Waals surface area contributed by atoms with E-state index in [0.717, 1.165) is 89.9 Å². The molecule has 0 aromatic heterocycles. The standard InChI is InChI=1S/C47H80O6/c1-4-7-10-13-16-19-22-23-26-28-31-34-37-40-46(49)52-43-44(53-47(50)41-38-35-32-29-25-21-18-15-12-9-6-3)42-51-45(48)39-36-33-30-27-24-20-17-14-11-8-5-2/h9,12,14,17-18,21,23,26,29,32,44H,4-8,10-11,13,15-16,19-20,22,24-25,27-28,30-31,33-43H2,1-3H3/b12-9-,17-14-,21-18-,26-23-,32-29-. The summed E-state index contributed by atoms with van der Waals surface area (Å²) in [4.78, 5) is 37.6. The van der Waals surface area contributed by atoms with Gasteiger partial charge < -0.3 is 14.2 Å². The molecule has 0 aromatic rings. The van der Waals surface area contributed by atoms with E-state index in [1.54, 1.807) is 0 Å². The average molecular weight is 741 g/mol. The van der Waals surface area contributed by atoms with Gasteiger partial charge in [-0.2, -0.15) is 0 Å². The number of allylic oxidation sites excluding steroid dienone is 10. The molecule has 0 aliphatic carbocycles. The molecule has 6 heteroatoms. The second kappa shape index (κ2) is 41.9. The maximum atomic E-state index is 12.6. The summed E-state index contributed by atoms with van der Waals surface area (Å²) >= 11 is 0. The highest BCUT2D eigenvalue weighted by Crippen LogP contribution is 2.12. The number of unbranched alkanes of at least 4 members (excludes halogenated alkanes) is 17. The molecule has 304 valence electrons. The molecule has 0 saturated heterocycles. The minimum atomic E-state index is -0.806. The Morgan fingerprint density at radius 3 is 1.30 bits per heavy atom. The van der Waals surface area contributed by atoms with Gasteiger partial charge >= 0.3 is 17.9 Å². The largest absolute Gasteiger partial charge is 0.462 e. The summed E-state index contributed by atoms with van der Waals surface area (Å²) in [6, 6.07) is 0. The first-order valence-corrected chi connectivity index (χ1v) is 21.8. The zero-order valence-electron chi connectivity index (χ0n) is 34.5. The van der Waals surface area contributed by atoms with Crippen molar-refractivity contribution >= 4 is 17.9 Å². The maximum Gasteiger partial charge on any atom is 0.306 e. The Bertz CT molecular complexity index is 991. The summed E-state index contributed by atoms with van der Waals surface area (Å²) in [6.45, 7) is 6.38.